The Kier molecular flexibility index (Phi) is 2.84. The highest BCUT2D eigenvalue weighted by molar-refractivity contribution is 5.97. The van der Waals surface area contributed by atoms with Gasteiger partial charge in [0.2, 0.25) is 0 Å². The second-order valence-corrected chi connectivity index (χ2v) is 4.54. The molecule has 2 aromatic carbocycles. The predicted octanol–water partition coefficient (Wildman–Crippen LogP) is 4.10. The fourth-order valence-corrected chi connectivity index (χ4v) is 2.23. The van der Waals surface area contributed by atoms with Gasteiger partial charge in [0.05, 0.1) is 0 Å². The SMILES string of the molecule is CC(=O)c1ccc(-c2cncc3ccccc23)cc1. The fourth-order valence-electron chi connectivity index (χ4n) is 2.23. The number of fused-ring (bicyclic) bond motifs is 1. The number of aromatic nitrogens is 1. The molecule has 0 atom stereocenters. The Morgan fingerprint density at radius 2 is 1.68 bits per heavy atom. The Hall–Kier alpha value is -2.48. The Labute approximate surface area is 111 Å². The summed E-state index contributed by atoms with van der Waals surface area (Å²) in [7, 11) is 0. The molecule has 2 nitrogen and oxygen atoms in total. The van der Waals surface area contributed by atoms with E-state index in [0.29, 0.717) is 0 Å². The quantitative estimate of drug-likeness (QED) is 0.638. The van der Waals surface area contributed by atoms with Crippen molar-refractivity contribution in [3.05, 3.63) is 66.5 Å². The van der Waals surface area contributed by atoms with Crippen LogP contribution in [0, 0.1) is 0 Å². The van der Waals surface area contributed by atoms with Crippen LogP contribution < -0.4 is 0 Å². The van der Waals surface area contributed by atoms with Crippen LogP contribution in [0.15, 0.2) is 60.9 Å². The Morgan fingerprint density at radius 1 is 0.947 bits per heavy atom. The fraction of sp³-hybridized carbons (Fsp3) is 0.0588. The zero-order valence-electron chi connectivity index (χ0n) is 10.6. The molecule has 3 rings (SSSR count). The summed E-state index contributed by atoms with van der Waals surface area (Å²) in [5.41, 5.74) is 2.90. The number of hydrogen-bond donors (Lipinski definition) is 0. The molecule has 0 aliphatic carbocycles. The highest BCUT2D eigenvalue weighted by atomic mass is 16.1. The number of hydrogen-bond acceptors (Lipinski definition) is 2. The van der Waals surface area contributed by atoms with Crippen molar-refractivity contribution in [2.75, 3.05) is 0 Å². The molecule has 0 bridgehead atoms. The molecule has 3 aromatic rings. The van der Waals surface area contributed by atoms with Gasteiger partial charge in [0.15, 0.2) is 5.78 Å². The molecule has 0 aliphatic heterocycles. The third-order valence-electron chi connectivity index (χ3n) is 3.27. The number of pyridine rings is 1. The molecule has 1 aromatic heterocycles. The van der Waals surface area contributed by atoms with Crippen LogP contribution in [-0.2, 0) is 0 Å². The average molecular weight is 247 g/mol. The van der Waals surface area contributed by atoms with Crippen molar-refractivity contribution in [3.63, 3.8) is 0 Å². The first kappa shape index (κ1) is 11.6. The third kappa shape index (κ3) is 2.13. The number of carbonyl (C=O) groups is 1. The van der Waals surface area contributed by atoms with Crippen LogP contribution in [0.5, 0.6) is 0 Å². The molecule has 0 saturated carbocycles. The number of Topliss-reactive ketones (excluding diaryl/α,β-unsaturated/α-hetero) is 1. The zero-order chi connectivity index (χ0) is 13.2. The standard InChI is InChI=1S/C17H13NO/c1-12(19)13-6-8-14(9-7-13)17-11-18-10-15-4-2-3-5-16(15)17/h2-11H,1H3. The monoisotopic (exact) mass is 247 g/mol. The van der Waals surface area contributed by atoms with E-state index in [9.17, 15) is 4.79 Å². The number of ketones is 1. The van der Waals surface area contributed by atoms with Gasteiger partial charge in [-0.15, -0.1) is 0 Å². The molecular formula is C17H13NO. The molecule has 92 valence electrons. The van der Waals surface area contributed by atoms with Gasteiger partial charge in [-0.25, -0.2) is 0 Å². The van der Waals surface area contributed by atoms with E-state index in [1.54, 1.807) is 6.92 Å². The first-order valence-electron chi connectivity index (χ1n) is 6.20. The van der Waals surface area contributed by atoms with Gasteiger partial charge in [0.25, 0.3) is 0 Å². The normalized spacial score (nSPS) is 10.6. The van der Waals surface area contributed by atoms with Gasteiger partial charge < -0.3 is 0 Å². The maximum atomic E-state index is 11.3. The highest BCUT2D eigenvalue weighted by Crippen LogP contribution is 2.27. The summed E-state index contributed by atoms with van der Waals surface area (Å²) in [6.45, 7) is 1.58. The minimum atomic E-state index is 0.0857. The van der Waals surface area contributed by atoms with Crippen molar-refractivity contribution in [2.24, 2.45) is 0 Å². The van der Waals surface area contributed by atoms with Gasteiger partial charge >= 0.3 is 0 Å². The molecule has 0 radical (unpaired) electrons. The van der Waals surface area contributed by atoms with Crippen LogP contribution in [0.3, 0.4) is 0 Å². The van der Waals surface area contributed by atoms with Gasteiger partial charge in [-0.2, -0.15) is 0 Å². The molecule has 1 heterocycles. The average Bonchev–Trinajstić information content (AvgIpc) is 2.47. The second-order valence-electron chi connectivity index (χ2n) is 4.54. The van der Waals surface area contributed by atoms with Crippen molar-refractivity contribution in [1.29, 1.82) is 0 Å². The van der Waals surface area contributed by atoms with E-state index in [1.165, 1.54) is 5.39 Å². The molecule has 0 aliphatic rings. The van der Waals surface area contributed by atoms with Gasteiger partial charge in [-0.05, 0) is 17.9 Å². The minimum Gasteiger partial charge on any atom is -0.295 e. The summed E-state index contributed by atoms with van der Waals surface area (Å²) >= 11 is 0. The molecule has 0 N–H and O–H groups in total. The number of benzene rings is 2. The molecule has 0 saturated heterocycles. The van der Waals surface area contributed by atoms with Crippen molar-refractivity contribution >= 4 is 16.6 Å². The Morgan fingerprint density at radius 3 is 2.42 bits per heavy atom. The van der Waals surface area contributed by atoms with E-state index in [2.05, 4.69) is 17.1 Å². The van der Waals surface area contributed by atoms with E-state index < -0.39 is 0 Å². The van der Waals surface area contributed by atoms with Crippen molar-refractivity contribution in [1.82, 2.24) is 4.98 Å². The molecule has 19 heavy (non-hydrogen) atoms. The van der Waals surface area contributed by atoms with Crippen LogP contribution in [0.4, 0.5) is 0 Å². The highest BCUT2D eigenvalue weighted by Gasteiger charge is 2.05. The van der Waals surface area contributed by atoms with E-state index in [-0.39, 0.29) is 5.78 Å². The summed E-state index contributed by atoms with van der Waals surface area (Å²) in [4.78, 5) is 15.6. The number of carbonyl (C=O) groups excluding carboxylic acids is 1. The van der Waals surface area contributed by atoms with Crippen molar-refractivity contribution in [2.45, 2.75) is 6.92 Å². The largest absolute Gasteiger partial charge is 0.295 e. The summed E-state index contributed by atoms with van der Waals surface area (Å²) in [6, 6.07) is 15.8. The summed E-state index contributed by atoms with van der Waals surface area (Å²) in [6.07, 6.45) is 3.73. The van der Waals surface area contributed by atoms with E-state index in [4.69, 9.17) is 0 Å². The first-order valence-corrected chi connectivity index (χ1v) is 6.20. The van der Waals surface area contributed by atoms with Crippen LogP contribution in [0.25, 0.3) is 21.9 Å². The van der Waals surface area contributed by atoms with E-state index >= 15 is 0 Å². The van der Waals surface area contributed by atoms with Gasteiger partial charge in [0, 0.05) is 28.9 Å². The molecule has 0 spiro atoms. The third-order valence-corrected chi connectivity index (χ3v) is 3.27. The minimum absolute atomic E-state index is 0.0857. The van der Waals surface area contributed by atoms with Crippen molar-refractivity contribution in [3.8, 4) is 11.1 Å². The molecule has 2 heteroatoms. The maximum Gasteiger partial charge on any atom is 0.159 e. The maximum absolute atomic E-state index is 11.3. The van der Waals surface area contributed by atoms with Crippen LogP contribution in [-0.4, -0.2) is 10.8 Å². The van der Waals surface area contributed by atoms with E-state index in [1.807, 2.05) is 48.8 Å². The lowest BCUT2D eigenvalue weighted by molar-refractivity contribution is 0.101. The zero-order valence-corrected chi connectivity index (χ0v) is 10.6. The molecule has 0 amide bonds. The second kappa shape index (κ2) is 4.65. The van der Waals surface area contributed by atoms with Crippen LogP contribution in [0.2, 0.25) is 0 Å². The topological polar surface area (TPSA) is 30.0 Å². The van der Waals surface area contributed by atoms with E-state index in [0.717, 1.165) is 22.1 Å². The molecule has 0 unspecified atom stereocenters. The summed E-state index contributed by atoms with van der Waals surface area (Å²) in [5.74, 6) is 0.0857. The molecule has 0 fully saturated rings. The van der Waals surface area contributed by atoms with Gasteiger partial charge in [-0.1, -0.05) is 48.5 Å². The van der Waals surface area contributed by atoms with Gasteiger partial charge in [0.1, 0.15) is 0 Å². The smallest absolute Gasteiger partial charge is 0.159 e. The lowest BCUT2D eigenvalue weighted by Crippen LogP contribution is -1.91. The first-order chi connectivity index (χ1) is 9.25. The number of rotatable bonds is 2. The Bertz CT molecular complexity index is 739. The summed E-state index contributed by atoms with van der Waals surface area (Å²) < 4.78 is 0. The van der Waals surface area contributed by atoms with Crippen molar-refractivity contribution < 1.29 is 4.79 Å². The lowest BCUT2D eigenvalue weighted by atomic mass is 9.99. The molecular weight excluding hydrogens is 234 g/mol. The summed E-state index contributed by atoms with van der Waals surface area (Å²) in [5, 5.41) is 2.30. The van der Waals surface area contributed by atoms with Crippen LogP contribution in [0.1, 0.15) is 17.3 Å². The Balaban J connectivity index is 2.16. The van der Waals surface area contributed by atoms with Crippen LogP contribution >= 0.6 is 0 Å². The lowest BCUT2D eigenvalue weighted by Gasteiger charge is -2.06. The number of nitrogens with zero attached hydrogens (tertiary/aromatic N) is 1. The predicted molar refractivity (Wildman–Crippen MR) is 77.2 cm³/mol. The van der Waals surface area contributed by atoms with Gasteiger partial charge in [-0.3, -0.25) is 9.78 Å².